The number of carbonyl (C=O) groups excluding carboxylic acids is 1. The van der Waals surface area contributed by atoms with E-state index in [0.717, 1.165) is 67.8 Å². The van der Waals surface area contributed by atoms with Crippen molar-refractivity contribution in [2.45, 2.75) is 89.3 Å². The van der Waals surface area contributed by atoms with Crippen molar-refractivity contribution < 1.29 is 4.79 Å². The highest BCUT2D eigenvalue weighted by Gasteiger charge is 2.27. The van der Waals surface area contributed by atoms with Crippen LogP contribution in [0.4, 0.5) is 5.82 Å². The molecule has 6 N–H and O–H groups in total. The molecule has 1 aromatic heterocycles. The van der Waals surface area contributed by atoms with Gasteiger partial charge in [0.25, 0.3) is 5.91 Å². The Morgan fingerprint density at radius 2 is 1.72 bits per heavy atom. The number of hydrogen-bond donors (Lipinski definition) is 4. The van der Waals surface area contributed by atoms with Gasteiger partial charge < -0.3 is 22.1 Å². The predicted molar refractivity (Wildman–Crippen MR) is 129 cm³/mol. The van der Waals surface area contributed by atoms with E-state index >= 15 is 0 Å². The third kappa shape index (κ3) is 5.47. The minimum absolute atomic E-state index is 0.00756. The number of amides is 1. The number of nitrogens with one attached hydrogen (secondary N) is 2. The van der Waals surface area contributed by atoms with Crippen LogP contribution in [0.1, 0.15) is 80.4 Å². The summed E-state index contributed by atoms with van der Waals surface area (Å²) in [7, 11) is 0. The highest BCUT2D eigenvalue weighted by Crippen LogP contribution is 2.28. The Morgan fingerprint density at radius 1 is 1.00 bits per heavy atom. The largest absolute Gasteiger partial charge is 0.370 e. The summed E-state index contributed by atoms with van der Waals surface area (Å²) in [6.07, 6.45) is 10.9. The van der Waals surface area contributed by atoms with E-state index in [9.17, 15) is 4.79 Å². The first-order valence-corrected chi connectivity index (χ1v) is 11.9. The second-order valence-corrected chi connectivity index (χ2v) is 9.23. The molecule has 0 aliphatic heterocycles. The number of hydrogen-bond acceptors (Lipinski definition) is 5. The molecule has 172 valence electrons. The molecule has 2 aliphatic rings. The molecule has 2 atom stereocenters. The van der Waals surface area contributed by atoms with Crippen LogP contribution in [0.3, 0.4) is 0 Å². The first-order chi connectivity index (χ1) is 15.5. The first kappa shape index (κ1) is 22.3. The number of anilines is 1. The van der Waals surface area contributed by atoms with Crippen LogP contribution in [0.15, 0.2) is 23.2 Å². The highest BCUT2D eigenvalue weighted by atomic mass is 16.2. The van der Waals surface area contributed by atoms with Gasteiger partial charge in [0, 0.05) is 11.4 Å². The predicted octanol–water partition coefficient (Wildman–Crippen LogP) is 3.39. The van der Waals surface area contributed by atoms with E-state index in [1.807, 2.05) is 19.1 Å². The van der Waals surface area contributed by atoms with Crippen LogP contribution in [-0.4, -0.2) is 40.0 Å². The molecule has 1 amide bonds. The zero-order valence-electron chi connectivity index (χ0n) is 18.9. The summed E-state index contributed by atoms with van der Waals surface area (Å²) in [5.41, 5.74) is 13.2. The van der Waals surface area contributed by atoms with Gasteiger partial charge in [-0.1, -0.05) is 50.2 Å². The van der Waals surface area contributed by atoms with Gasteiger partial charge >= 0.3 is 0 Å². The summed E-state index contributed by atoms with van der Waals surface area (Å²) in [4.78, 5) is 26.8. The lowest BCUT2D eigenvalue weighted by molar-refractivity contribution is 0.0923. The van der Waals surface area contributed by atoms with Crippen LogP contribution in [0.2, 0.25) is 0 Å². The monoisotopic (exact) mass is 437 g/mol. The van der Waals surface area contributed by atoms with Gasteiger partial charge in [-0.2, -0.15) is 0 Å². The van der Waals surface area contributed by atoms with E-state index in [1.54, 1.807) is 0 Å². The van der Waals surface area contributed by atoms with Crippen molar-refractivity contribution in [1.82, 2.24) is 15.3 Å². The van der Waals surface area contributed by atoms with E-state index in [-0.39, 0.29) is 35.8 Å². The third-order valence-electron chi connectivity index (χ3n) is 6.61. The van der Waals surface area contributed by atoms with Gasteiger partial charge in [-0.15, -0.1) is 0 Å². The molecule has 1 aromatic carbocycles. The SMILES string of the molecule is Cc1ccc2nc(C(=O)NC3CCCCCC3)nc(NC3CCCCC3N=C(N)N)c2c1. The standard InChI is InChI=1S/C24H35N7O/c1-15-12-13-18-17(14-15)21(29-19-10-6-7-11-20(19)30-24(25)26)31-22(28-18)23(32)27-16-8-4-2-3-5-9-16/h12-14,16,19-20H,2-11H2,1H3,(H,27,32)(H4,25,26,30)(H,28,29,31). The van der Waals surface area contributed by atoms with E-state index in [0.29, 0.717) is 5.82 Å². The Morgan fingerprint density at radius 3 is 2.47 bits per heavy atom. The molecule has 8 nitrogen and oxygen atoms in total. The number of rotatable bonds is 5. The van der Waals surface area contributed by atoms with Gasteiger partial charge in [-0.25, -0.2) is 15.0 Å². The molecular weight excluding hydrogens is 402 g/mol. The quantitative estimate of drug-likeness (QED) is 0.322. The molecular formula is C24H35N7O. The minimum atomic E-state index is -0.202. The Balaban J connectivity index is 1.63. The van der Waals surface area contributed by atoms with Gasteiger partial charge in [-0.3, -0.25) is 4.79 Å². The zero-order valence-corrected chi connectivity index (χ0v) is 18.9. The average Bonchev–Trinajstić information content (AvgIpc) is 3.03. The Hall–Kier alpha value is -2.90. The van der Waals surface area contributed by atoms with E-state index in [4.69, 9.17) is 16.5 Å². The van der Waals surface area contributed by atoms with Gasteiger partial charge in [-0.05, 0) is 44.7 Å². The van der Waals surface area contributed by atoms with Crippen LogP contribution in [0.25, 0.3) is 10.9 Å². The number of fused-ring (bicyclic) bond motifs is 1. The Labute approximate surface area is 189 Å². The van der Waals surface area contributed by atoms with Crippen LogP contribution in [-0.2, 0) is 0 Å². The van der Waals surface area contributed by atoms with Crippen LogP contribution in [0, 0.1) is 6.92 Å². The van der Waals surface area contributed by atoms with Crippen molar-refractivity contribution in [2.24, 2.45) is 16.5 Å². The molecule has 0 spiro atoms. The van der Waals surface area contributed by atoms with Crippen molar-refractivity contribution in [3.8, 4) is 0 Å². The Kier molecular flexibility index (Phi) is 7.07. The Bertz CT molecular complexity index is 978. The summed E-state index contributed by atoms with van der Waals surface area (Å²) < 4.78 is 0. The number of benzene rings is 1. The van der Waals surface area contributed by atoms with Crippen LogP contribution in [0.5, 0.6) is 0 Å². The van der Waals surface area contributed by atoms with Crippen LogP contribution < -0.4 is 22.1 Å². The number of nitrogens with two attached hydrogens (primary N) is 2. The lowest BCUT2D eigenvalue weighted by Crippen LogP contribution is -2.39. The van der Waals surface area contributed by atoms with E-state index in [2.05, 4.69) is 26.7 Å². The summed E-state index contributed by atoms with van der Waals surface area (Å²) in [6, 6.07) is 6.27. The molecule has 2 saturated carbocycles. The lowest BCUT2D eigenvalue weighted by Gasteiger charge is -2.30. The fourth-order valence-corrected chi connectivity index (χ4v) is 4.93. The summed E-state index contributed by atoms with van der Waals surface area (Å²) in [5.74, 6) is 0.789. The molecule has 0 bridgehead atoms. The second kappa shape index (κ2) is 10.1. The smallest absolute Gasteiger partial charge is 0.289 e. The first-order valence-electron chi connectivity index (χ1n) is 11.9. The fraction of sp³-hybridized carbons (Fsp3) is 0.583. The highest BCUT2D eigenvalue weighted by molar-refractivity contribution is 5.96. The lowest BCUT2D eigenvalue weighted by atomic mass is 9.90. The van der Waals surface area contributed by atoms with Crippen molar-refractivity contribution in [1.29, 1.82) is 0 Å². The van der Waals surface area contributed by atoms with E-state index in [1.165, 1.54) is 12.8 Å². The van der Waals surface area contributed by atoms with Crippen molar-refractivity contribution >= 4 is 28.6 Å². The molecule has 32 heavy (non-hydrogen) atoms. The maximum Gasteiger partial charge on any atom is 0.289 e. The molecule has 8 heteroatoms. The molecule has 2 fully saturated rings. The number of aliphatic imine (C=N–C) groups is 1. The average molecular weight is 438 g/mol. The van der Waals surface area contributed by atoms with Gasteiger partial charge in [0.2, 0.25) is 5.82 Å². The molecule has 0 saturated heterocycles. The number of aryl methyl sites for hydroxylation is 1. The van der Waals surface area contributed by atoms with E-state index < -0.39 is 0 Å². The maximum atomic E-state index is 13.1. The summed E-state index contributed by atoms with van der Waals surface area (Å²) in [5, 5.41) is 7.64. The number of guanidine groups is 1. The minimum Gasteiger partial charge on any atom is -0.370 e. The van der Waals surface area contributed by atoms with Gasteiger partial charge in [0.15, 0.2) is 5.96 Å². The van der Waals surface area contributed by atoms with Gasteiger partial charge in [0.1, 0.15) is 5.82 Å². The number of aromatic nitrogens is 2. The van der Waals surface area contributed by atoms with Gasteiger partial charge in [0.05, 0.1) is 17.6 Å². The number of carbonyl (C=O) groups is 1. The number of nitrogens with zero attached hydrogens (tertiary/aromatic N) is 3. The van der Waals surface area contributed by atoms with Crippen molar-refractivity contribution in [2.75, 3.05) is 5.32 Å². The molecule has 2 unspecified atom stereocenters. The van der Waals surface area contributed by atoms with Crippen LogP contribution >= 0.6 is 0 Å². The molecule has 1 heterocycles. The molecule has 0 radical (unpaired) electrons. The topological polar surface area (TPSA) is 131 Å². The molecule has 2 aromatic rings. The van der Waals surface area contributed by atoms with Crippen molar-refractivity contribution in [3.05, 3.63) is 29.6 Å². The maximum absolute atomic E-state index is 13.1. The normalized spacial score (nSPS) is 22.2. The summed E-state index contributed by atoms with van der Waals surface area (Å²) >= 11 is 0. The fourth-order valence-electron chi connectivity index (χ4n) is 4.93. The summed E-state index contributed by atoms with van der Waals surface area (Å²) in [6.45, 7) is 2.04. The van der Waals surface area contributed by atoms with Crippen molar-refractivity contribution in [3.63, 3.8) is 0 Å². The second-order valence-electron chi connectivity index (χ2n) is 9.23. The molecule has 2 aliphatic carbocycles. The zero-order chi connectivity index (χ0) is 22.5. The third-order valence-corrected chi connectivity index (χ3v) is 6.61. The molecule has 4 rings (SSSR count).